The molecule has 1 aromatic heterocycles. The van der Waals surface area contributed by atoms with E-state index in [2.05, 4.69) is 10.1 Å². The van der Waals surface area contributed by atoms with Crippen LogP contribution in [0.5, 0.6) is 5.75 Å². The van der Waals surface area contributed by atoms with Gasteiger partial charge in [-0.2, -0.15) is 4.98 Å². The highest BCUT2D eigenvalue weighted by molar-refractivity contribution is 5.66. The van der Waals surface area contributed by atoms with Crippen LogP contribution in [0.2, 0.25) is 0 Å². The normalized spacial score (nSPS) is 16.9. The van der Waals surface area contributed by atoms with Crippen LogP contribution in [0.4, 0.5) is 0 Å². The Morgan fingerprint density at radius 2 is 2.14 bits per heavy atom. The number of hydrogen-bond donors (Lipinski definition) is 1. The summed E-state index contributed by atoms with van der Waals surface area (Å²) < 4.78 is 10.9. The van der Waals surface area contributed by atoms with Crippen molar-refractivity contribution < 1.29 is 9.26 Å². The van der Waals surface area contributed by atoms with Crippen molar-refractivity contribution in [3.05, 3.63) is 41.5 Å². The SMILES string of the molecule is CC(C)Oc1cccc(/C=C/c2nc(C3(N)CCC3)no2)c1. The van der Waals surface area contributed by atoms with Crippen LogP contribution in [0.1, 0.15) is 50.4 Å². The first kappa shape index (κ1) is 14.8. The zero-order valence-electron chi connectivity index (χ0n) is 13.0. The zero-order valence-corrected chi connectivity index (χ0v) is 13.0. The average molecular weight is 299 g/mol. The van der Waals surface area contributed by atoms with Crippen LogP contribution in [0, 0.1) is 0 Å². The van der Waals surface area contributed by atoms with Crippen molar-refractivity contribution in [3.8, 4) is 5.75 Å². The van der Waals surface area contributed by atoms with Crippen LogP contribution < -0.4 is 10.5 Å². The van der Waals surface area contributed by atoms with Crippen LogP contribution >= 0.6 is 0 Å². The molecule has 2 N–H and O–H groups in total. The second-order valence-corrected chi connectivity index (χ2v) is 6.04. The fourth-order valence-corrected chi connectivity index (χ4v) is 2.42. The van der Waals surface area contributed by atoms with Crippen molar-refractivity contribution in [2.45, 2.75) is 44.8 Å². The molecule has 0 spiro atoms. The molecule has 5 heteroatoms. The van der Waals surface area contributed by atoms with Crippen molar-refractivity contribution >= 4 is 12.2 Å². The number of ether oxygens (including phenoxy) is 1. The summed E-state index contributed by atoms with van der Waals surface area (Å²) in [6.07, 6.45) is 6.84. The smallest absolute Gasteiger partial charge is 0.250 e. The lowest BCUT2D eigenvalue weighted by Crippen LogP contribution is -2.44. The molecule has 1 saturated carbocycles. The van der Waals surface area contributed by atoms with Crippen molar-refractivity contribution in [1.29, 1.82) is 0 Å². The van der Waals surface area contributed by atoms with E-state index in [1.165, 1.54) is 0 Å². The third kappa shape index (κ3) is 3.20. The fraction of sp³-hybridized carbons (Fsp3) is 0.412. The van der Waals surface area contributed by atoms with Crippen molar-refractivity contribution in [3.63, 3.8) is 0 Å². The summed E-state index contributed by atoms with van der Waals surface area (Å²) in [6.45, 7) is 4.01. The van der Waals surface area contributed by atoms with Crippen LogP contribution in [0.25, 0.3) is 12.2 Å². The minimum atomic E-state index is -0.388. The molecule has 0 aliphatic heterocycles. The third-order valence-electron chi connectivity index (χ3n) is 3.78. The minimum Gasteiger partial charge on any atom is -0.491 e. The van der Waals surface area contributed by atoms with Gasteiger partial charge in [-0.15, -0.1) is 0 Å². The minimum absolute atomic E-state index is 0.154. The lowest BCUT2D eigenvalue weighted by atomic mass is 9.77. The largest absolute Gasteiger partial charge is 0.491 e. The van der Waals surface area contributed by atoms with E-state index in [9.17, 15) is 0 Å². The van der Waals surface area contributed by atoms with Crippen LogP contribution in [-0.4, -0.2) is 16.2 Å². The van der Waals surface area contributed by atoms with Gasteiger partial charge in [-0.05, 0) is 56.9 Å². The predicted molar refractivity (Wildman–Crippen MR) is 85.1 cm³/mol. The lowest BCUT2D eigenvalue weighted by Gasteiger charge is -2.34. The highest BCUT2D eigenvalue weighted by atomic mass is 16.5. The van der Waals surface area contributed by atoms with Crippen molar-refractivity contribution in [1.82, 2.24) is 10.1 Å². The molecule has 0 unspecified atom stereocenters. The second kappa shape index (κ2) is 5.93. The van der Waals surface area contributed by atoms with Gasteiger partial charge in [0, 0.05) is 6.08 Å². The van der Waals surface area contributed by atoms with Gasteiger partial charge >= 0.3 is 0 Å². The summed E-state index contributed by atoms with van der Waals surface area (Å²) in [7, 11) is 0. The van der Waals surface area contributed by atoms with E-state index in [4.69, 9.17) is 15.0 Å². The Labute approximate surface area is 130 Å². The number of nitrogens with two attached hydrogens (primary N) is 1. The van der Waals surface area contributed by atoms with Gasteiger partial charge in [0.05, 0.1) is 11.6 Å². The maximum absolute atomic E-state index is 6.19. The van der Waals surface area contributed by atoms with Crippen LogP contribution in [0.3, 0.4) is 0 Å². The highest BCUT2D eigenvalue weighted by Gasteiger charge is 2.38. The zero-order chi connectivity index (χ0) is 15.6. The molecule has 0 radical (unpaired) electrons. The van der Waals surface area contributed by atoms with Gasteiger partial charge in [0.1, 0.15) is 5.75 Å². The van der Waals surface area contributed by atoms with E-state index in [1.807, 2.05) is 44.2 Å². The van der Waals surface area contributed by atoms with Gasteiger partial charge in [0.25, 0.3) is 5.89 Å². The Kier molecular flexibility index (Phi) is 3.98. The first-order valence-electron chi connectivity index (χ1n) is 7.63. The van der Waals surface area contributed by atoms with Crippen LogP contribution in [0.15, 0.2) is 28.8 Å². The number of benzene rings is 1. The summed E-state index contributed by atoms with van der Waals surface area (Å²) in [5.74, 6) is 1.93. The van der Waals surface area contributed by atoms with Gasteiger partial charge in [-0.1, -0.05) is 17.3 Å². The van der Waals surface area contributed by atoms with E-state index >= 15 is 0 Å². The lowest BCUT2D eigenvalue weighted by molar-refractivity contribution is 0.229. The van der Waals surface area contributed by atoms with Crippen molar-refractivity contribution in [2.75, 3.05) is 0 Å². The molecule has 5 nitrogen and oxygen atoms in total. The molecule has 0 atom stereocenters. The summed E-state index contributed by atoms with van der Waals surface area (Å²) in [5, 5.41) is 3.99. The molecule has 3 rings (SSSR count). The summed E-state index contributed by atoms with van der Waals surface area (Å²) >= 11 is 0. The van der Waals surface area contributed by atoms with E-state index < -0.39 is 0 Å². The van der Waals surface area contributed by atoms with Crippen molar-refractivity contribution in [2.24, 2.45) is 5.73 Å². The Balaban J connectivity index is 1.71. The molecule has 22 heavy (non-hydrogen) atoms. The first-order valence-corrected chi connectivity index (χ1v) is 7.63. The molecule has 1 aromatic carbocycles. The second-order valence-electron chi connectivity index (χ2n) is 6.04. The molecule has 1 aliphatic rings. The van der Waals surface area contributed by atoms with Crippen LogP contribution in [-0.2, 0) is 5.54 Å². The maximum atomic E-state index is 6.19. The number of hydrogen-bond acceptors (Lipinski definition) is 5. The standard InChI is InChI=1S/C17H21N3O2/c1-12(2)21-14-6-3-5-13(11-14)7-8-15-19-16(20-22-15)17(18)9-4-10-17/h3,5-8,11-12H,4,9-10,18H2,1-2H3/b8-7+. The van der Waals surface area contributed by atoms with Gasteiger partial charge in [0.15, 0.2) is 5.82 Å². The monoisotopic (exact) mass is 299 g/mol. The summed E-state index contributed by atoms with van der Waals surface area (Å²) in [4.78, 5) is 4.37. The number of nitrogens with zero attached hydrogens (tertiary/aromatic N) is 2. The molecular weight excluding hydrogens is 278 g/mol. The third-order valence-corrected chi connectivity index (χ3v) is 3.78. The quantitative estimate of drug-likeness (QED) is 0.916. The van der Waals surface area contributed by atoms with E-state index in [0.717, 1.165) is 30.6 Å². The fourth-order valence-electron chi connectivity index (χ4n) is 2.42. The van der Waals surface area contributed by atoms with Gasteiger partial charge in [-0.25, -0.2) is 0 Å². The number of aromatic nitrogens is 2. The topological polar surface area (TPSA) is 74.2 Å². The van der Waals surface area contributed by atoms with E-state index in [1.54, 1.807) is 6.08 Å². The molecule has 1 heterocycles. The summed E-state index contributed by atoms with van der Waals surface area (Å²) in [5.41, 5.74) is 6.81. The molecule has 1 aliphatic carbocycles. The Morgan fingerprint density at radius 1 is 1.32 bits per heavy atom. The highest BCUT2D eigenvalue weighted by Crippen LogP contribution is 2.36. The van der Waals surface area contributed by atoms with E-state index in [0.29, 0.717) is 11.7 Å². The molecule has 2 aromatic rings. The Morgan fingerprint density at radius 3 is 2.82 bits per heavy atom. The average Bonchev–Trinajstić information content (AvgIpc) is 2.91. The first-order chi connectivity index (χ1) is 10.5. The summed E-state index contributed by atoms with van der Waals surface area (Å²) in [6, 6.07) is 7.87. The maximum Gasteiger partial charge on any atom is 0.250 e. The van der Waals surface area contributed by atoms with Gasteiger partial charge in [-0.3, -0.25) is 0 Å². The number of rotatable bonds is 5. The predicted octanol–water partition coefficient (Wildman–Crippen LogP) is 3.37. The molecule has 1 fully saturated rings. The van der Waals surface area contributed by atoms with Gasteiger partial charge < -0.3 is 15.0 Å². The van der Waals surface area contributed by atoms with E-state index in [-0.39, 0.29) is 11.6 Å². The van der Waals surface area contributed by atoms with Gasteiger partial charge in [0.2, 0.25) is 0 Å². The molecule has 116 valence electrons. The molecular formula is C17H21N3O2. The molecule has 0 saturated heterocycles. The Hall–Kier alpha value is -2.14. The molecule has 0 amide bonds. The molecule has 0 bridgehead atoms. The Bertz CT molecular complexity index is 672.